The lowest BCUT2D eigenvalue weighted by atomic mass is 9.78. The lowest BCUT2D eigenvalue weighted by Gasteiger charge is -2.44. The molecule has 4 nitrogen and oxygen atoms in total. The minimum Gasteiger partial charge on any atom is -0.480 e. The molecule has 4 heteroatoms. The fourth-order valence-electron chi connectivity index (χ4n) is 3.98. The third-order valence-corrected chi connectivity index (χ3v) is 4.90. The van der Waals surface area contributed by atoms with Crippen molar-refractivity contribution in [2.24, 2.45) is 5.92 Å². The van der Waals surface area contributed by atoms with E-state index in [1.165, 1.54) is 38.5 Å². The Hall–Kier alpha value is -0.610. The zero-order valence-electron chi connectivity index (χ0n) is 13.0. The lowest BCUT2D eigenvalue weighted by Crippen LogP contribution is -2.49. The lowest BCUT2D eigenvalue weighted by molar-refractivity contribution is -0.140. The Kier molecular flexibility index (Phi) is 5.85. The molecule has 1 aliphatic heterocycles. The SMILES string of the molecule is CC(C)NC(CCN1CCCC2CCCCC21)C(=O)O. The number of piperidine rings is 1. The van der Waals surface area contributed by atoms with Gasteiger partial charge in [0, 0.05) is 18.6 Å². The highest BCUT2D eigenvalue weighted by atomic mass is 16.4. The molecule has 0 aromatic carbocycles. The maximum atomic E-state index is 11.3. The Labute approximate surface area is 122 Å². The van der Waals surface area contributed by atoms with E-state index in [0.29, 0.717) is 0 Å². The van der Waals surface area contributed by atoms with Crippen LogP contribution in [-0.2, 0) is 4.79 Å². The van der Waals surface area contributed by atoms with E-state index in [9.17, 15) is 9.90 Å². The standard InChI is InChI=1S/C16H30N2O2/c1-12(2)17-14(16(19)20)9-11-18-10-5-7-13-6-3-4-8-15(13)18/h12-15,17H,3-11H2,1-2H3,(H,19,20). The number of rotatable bonds is 6. The molecule has 116 valence electrons. The van der Waals surface area contributed by atoms with Crippen molar-refractivity contribution >= 4 is 5.97 Å². The van der Waals surface area contributed by atoms with Gasteiger partial charge < -0.3 is 15.3 Å². The van der Waals surface area contributed by atoms with Crippen molar-refractivity contribution in [1.29, 1.82) is 0 Å². The van der Waals surface area contributed by atoms with Crippen molar-refractivity contribution < 1.29 is 9.90 Å². The number of nitrogens with zero attached hydrogens (tertiary/aromatic N) is 1. The van der Waals surface area contributed by atoms with Crippen LogP contribution in [0, 0.1) is 5.92 Å². The van der Waals surface area contributed by atoms with Gasteiger partial charge in [0.05, 0.1) is 0 Å². The van der Waals surface area contributed by atoms with Crippen molar-refractivity contribution in [3.8, 4) is 0 Å². The Morgan fingerprint density at radius 3 is 2.65 bits per heavy atom. The van der Waals surface area contributed by atoms with E-state index in [1.54, 1.807) is 0 Å². The van der Waals surface area contributed by atoms with Gasteiger partial charge in [-0.2, -0.15) is 0 Å². The molecule has 0 spiro atoms. The molecule has 0 bridgehead atoms. The van der Waals surface area contributed by atoms with Gasteiger partial charge in [-0.1, -0.05) is 26.7 Å². The first kappa shape index (κ1) is 15.8. The molecule has 1 aliphatic carbocycles. The second kappa shape index (κ2) is 7.41. The highest BCUT2D eigenvalue weighted by molar-refractivity contribution is 5.73. The maximum Gasteiger partial charge on any atom is 0.320 e. The van der Waals surface area contributed by atoms with Gasteiger partial charge in [-0.15, -0.1) is 0 Å². The summed E-state index contributed by atoms with van der Waals surface area (Å²) in [5, 5.41) is 12.5. The number of carboxylic acids is 1. The molecule has 1 saturated heterocycles. The highest BCUT2D eigenvalue weighted by Crippen LogP contribution is 2.35. The molecule has 0 radical (unpaired) electrons. The molecule has 2 aliphatic rings. The molecule has 3 atom stereocenters. The maximum absolute atomic E-state index is 11.3. The van der Waals surface area contributed by atoms with Crippen LogP contribution in [0.2, 0.25) is 0 Å². The van der Waals surface area contributed by atoms with Gasteiger partial charge in [0.25, 0.3) is 0 Å². The van der Waals surface area contributed by atoms with Crippen molar-refractivity contribution in [2.45, 2.75) is 76.9 Å². The van der Waals surface area contributed by atoms with Crippen LogP contribution >= 0.6 is 0 Å². The number of carboxylic acid groups (broad SMARTS) is 1. The molecule has 0 amide bonds. The van der Waals surface area contributed by atoms with Crippen molar-refractivity contribution in [2.75, 3.05) is 13.1 Å². The highest BCUT2D eigenvalue weighted by Gasteiger charge is 2.33. The van der Waals surface area contributed by atoms with Crippen LogP contribution in [0.1, 0.15) is 58.8 Å². The molecule has 2 fully saturated rings. The molecular formula is C16H30N2O2. The monoisotopic (exact) mass is 282 g/mol. The van der Waals surface area contributed by atoms with Crippen LogP contribution in [0.25, 0.3) is 0 Å². The number of fused-ring (bicyclic) bond motifs is 1. The van der Waals surface area contributed by atoms with E-state index in [2.05, 4.69) is 10.2 Å². The molecule has 2 rings (SSSR count). The Morgan fingerprint density at radius 2 is 1.95 bits per heavy atom. The van der Waals surface area contributed by atoms with Crippen LogP contribution in [0.15, 0.2) is 0 Å². The smallest absolute Gasteiger partial charge is 0.320 e. The minimum absolute atomic E-state index is 0.222. The van der Waals surface area contributed by atoms with E-state index < -0.39 is 12.0 Å². The molecular weight excluding hydrogens is 252 g/mol. The van der Waals surface area contributed by atoms with Crippen molar-refractivity contribution in [1.82, 2.24) is 10.2 Å². The van der Waals surface area contributed by atoms with Crippen LogP contribution < -0.4 is 5.32 Å². The van der Waals surface area contributed by atoms with Crippen LogP contribution in [-0.4, -0.2) is 47.2 Å². The largest absolute Gasteiger partial charge is 0.480 e. The summed E-state index contributed by atoms with van der Waals surface area (Å²) in [4.78, 5) is 13.9. The summed E-state index contributed by atoms with van der Waals surface area (Å²) < 4.78 is 0. The molecule has 2 N–H and O–H groups in total. The molecule has 20 heavy (non-hydrogen) atoms. The summed E-state index contributed by atoms with van der Waals surface area (Å²) in [6, 6.07) is 0.546. The fraction of sp³-hybridized carbons (Fsp3) is 0.938. The predicted octanol–water partition coefficient (Wildman–Crippen LogP) is 2.48. The molecule has 3 unspecified atom stereocenters. The van der Waals surface area contributed by atoms with Gasteiger partial charge in [0.2, 0.25) is 0 Å². The Morgan fingerprint density at radius 1 is 1.25 bits per heavy atom. The van der Waals surface area contributed by atoms with Gasteiger partial charge in [-0.3, -0.25) is 4.79 Å². The fourth-order valence-corrected chi connectivity index (χ4v) is 3.98. The van der Waals surface area contributed by atoms with Gasteiger partial charge in [-0.25, -0.2) is 0 Å². The summed E-state index contributed by atoms with van der Waals surface area (Å²) >= 11 is 0. The number of likely N-dealkylation sites (tertiary alicyclic amines) is 1. The number of hydrogen-bond acceptors (Lipinski definition) is 3. The third-order valence-electron chi connectivity index (χ3n) is 4.90. The van der Waals surface area contributed by atoms with Crippen molar-refractivity contribution in [3.05, 3.63) is 0 Å². The molecule has 0 aromatic heterocycles. The molecule has 0 aromatic rings. The van der Waals surface area contributed by atoms with E-state index in [0.717, 1.165) is 31.5 Å². The zero-order chi connectivity index (χ0) is 14.5. The van der Waals surface area contributed by atoms with E-state index in [4.69, 9.17) is 0 Å². The Bertz CT molecular complexity index is 318. The summed E-state index contributed by atoms with van der Waals surface area (Å²) in [5.74, 6) is 0.162. The second-order valence-electron chi connectivity index (χ2n) is 6.79. The summed E-state index contributed by atoms with van der Waals surface area (Å²) in [5.41, 5.74) is 0. The summed E-state index contributed by atoms with van der Waals surface area (Å²) in [6.45, 7) is 6.11. The average Bonchev–Trinajstić information content (AvgIpc) is 2.42. The first-order chi connectivity index (χ1) is 9.58. The van der Waals surface area contributed by atoms with Gasteiger partial charge >= 0.3 is 5.97 Å². The number of aliphatic carboxylic acids is 1. The number of carbonyl (C=O) groups is 1. The Balaban J connectivity index is 1.86. The van der Waals surface area contributed by atoms with Gasteiger partial charge in [-0.05, 0) is 44.6 Å². The van der Waals surface area contributed by atoms with Crippen LogP contribution in [0.5, 0.6) is 0 Å². The van der Waals surface area contributed by atoms with Gasteiger partial charge in [0.1, 0.15) is 6.04 Å². The first-order valence-corrected chi connectivity index (χ1v) is 8.31. The quantitative estimate of drug-likeness (QED) is 0.786. The van der Waals surface area contributed by atoms with Crippen molar-refractivity contribution in [3.63, 3.8) is 0 Å². The minimum atomic E-state index is -0.712. The predicted molar refractivity (Wildman–Crippen MR) is 80.9 cm³/mol. The van der Waals surface area contributed by atoms with E-state index in [1.807, 2.05) is 13.8 Å². The second-order valence-corrected chi connectivity index (χ2v) is 6.79. The van der Waals surface area contributed by atoms with Crippen LogP contribution in [0.4, 0.5) is 0 Å². The molecule has 1 heterocycles. The average molecular weight is 282 g/mol. The topological polar surface area (TPSA) is 52.6 Å². The summed E-state index contributed by atoms with van der Waals surface area (Å²) in [7, 11) is 0. The first-order valence-electron chi connectivity index (χ1n) is 8.31. The summed E-state index contributed by atoms with van der Waals surface area (Å²) in [6.07, 6.45) is 8.83. The third kappa shape index (κ3) is 4.19. The van der Waals surface area contributed by atoms with E-state index in [-0.39, 0.29) is 6.04 Å². The normalized spacial score (nSPS) is 29.1. The number of nitrogens with one attached hydrogen (secondary N) is 1. The van der Waals surface area contributed by atoms with E-state index >= 15 is 0 Å². The zero-order valence-corrected chi connectivity index (χ0v) is 13.0. The molecule has 1 saturated carbocycles. The number of hydrogen-bond donors (Lipinski definition) is 2. The van der Waals surface area contributed by atoms with Crippen LogP contribution in [0.3, 0.4) is 0 Å². The van der Waals surface area contributed by atoms with Gasteiger partial charge in [0.15, 0.2) is 0 Å².